The summed E-state index contributed by atoms with van der Waals surface area (Å²) in [6.45, 7) is 2.82. The van der Waals surface area contributed by atoms with Crippen LogP contribution < -0.4 is 4.74 Å². The fourth-order valence-corrected chi connectivity index (χ4v) is 1.54. The third-order valence-electron chi connectivity index (χ3n) is 2.28. The van der Waals surface area contributed by atoms with Crippen molar-refractivity contribution >= 4 is 23.9 Å². The van der Waals surface area contributed by atoms with Crippen molar-refractivity contribution in [1.82, 2.24) is 0 Å². The molecule has 1 aliphatic rings. The van der Waals surface area contributed by atoms with Gasteiger partial charge in [-0.15, -0.1) is 0 Å². The van der Waals surface area contributed by atoms with E-state index in [-0.39, 0.29) is 23.1 Å². The summed E-state index contributed by atoms with van der Waals surface area (Å²) in [6, 6.07) is 4.30. The fourth-order valence-electron chi connectivity index (χ4n) is 1.54. The number of ether oxygens (including phenoxy) is 2. The highest BCUT2D eigenvalue weighted by Gasteiger charge is 2.20. The predicted molar refractivity (Wildman–Crippen MR) is 66.6 cm³/mol. The molecule has 1 aromatic rings. The van der Waals surface area contributed by atoms with E-state index in [1.807, 2.05) is 0 Å². The van der Waals surface area contributed by atoms with Gasteiger partial charge in [0.25, 0.3) is 0 Å². The van der Waals surface area contributed by atoms with E-state index < -0.39 is 11.9 Å². The summed E-state index contributed by atoms with van der Waals surface area (Å²) in [7, 11) is 0. The molecule has 0 saturated carbocycles. The molecule has 2 rings (SSSR count). The molecule has 0 amide bonds. The Labute approximate surface area is 109 Å². The van der Waals surface area contributed by atoms with Crippen LogP contribution in [0.15, 0.2) is 28.9 Å². The lowest BCUT2D eigenvalue weighted by atomic mass is 10.1. The van der Waals surface area contributed by atoms with Crippen LogP contribution in [-0.2, 0) is 14.3 Å². The smallest absolute Gasteiger partial charge is 0.363 e. The highest BCUT2D eigenvalue weighted by Crippen LogP contribution is 2.27. The first-order valence-corrected chi connectivity index (χ1v) is 5.46. The number of hydrogen-bond acceptors (Lipinski definition) is 6. The van der Waals surface area contributed by atoms with E-state index in [0.29, 0.717) is 5.56 Å². The lowest BCUT2D eigenvalue weighted by Crippen LogP contribution is -2.01. The van der Waals surface area contributed by atoms with Gasteiger partial charge in [0.15, 0.2) is 11.6 Å². The summed E-state index contributed by atoms with van der Waals surface area (Å²) in [4.78, 5) is 26.0. The second kappa shape index (κ2) is 4.93. The first-order chi connectivity index (χ1) is 8.95. The third-order valence-corrected chi connectivity index (χ3v) is 2.28. The Bertz CT molecular complexity index is 615. The van der Waals surface area contributed by atoms with Crippen LogP contribution >= 0.6 is 0 Å². The number of carbonyl (C=O) groups is 2. The summed E-state index contributed by atoms with van der Waals surface area (Å²) in [5.74, 6) is -0.696. The van der Waals surface area contributed by atoms with Gasteiger partial charge in [0.05, 0.1) is 0 Å². The van der Waals surface area contributed by atoms with E-state index in [9.17, 15) is 14.7 Å². The minimum atomic E-state index is -0.569. The van der Waals surface area contributed by atoms with Gasteiger partial charge in [-0.05, 0) is 18.2 Å². The number of esters is 2. The van der Waals surface area contributed by atoms with E-state index in [2.05, 4.69) is 4.99 Å². The van der Waals surface area contributed by atoms with E-state index in [0.717, 1.165) is 0 Å². The summed E-state index contributed by atoms with van der Waals surface area (Å²) in [5, 5.41) is 9.78. The van der Waals surface area contributed by atoms with Crippen LogP contribution in [0, 0.1) is 0 Å². The SMILES string of the molecule is CC(=O)Oc1ccc(/C=C2/N=C(C)OC2=O)c(O)c1. The lowest BCUT2D eigenvalue weighted by Gasteiger charge is -2.04. The van der Waals surface area contributed by atoms with E-state index in [4.69, 9.17) is 9.47 Å². The van der Waals surface area contributed by atoms with Crippen LogP contribution in [0.1, 0.15) is 19.4 Å². The molecular weight excluding hydrogens is 250 g/mol. The Morgan fingerprint density at radius 2 is 2.21 bits per heavy atom. The Kier molecular flexibility index (Phi) is 3.33. The van der Waals surface area contributed by atoms with Crippen molar-refractivity contribution in [3.63, 3.8) is 0 Å². The molecule has 0 fully saturated rings. The largest absolute Gasteiger partial charge is 0.507 e. The quantitative estimate of drug-likeness (QED) is 0.497. The minimum absolute atomic E-state index is 0.105. The molecule has 0 spiro atoms. The monoisotopic (exact) mass is 261 g/mol. The second-order valence-corrected chi connectivity index (χ2v) is 3.86. The van der Waals surface area contributed by atoms with Crippen molar-refractivity contribution < 1.29 is 24.2 Å². The van der Waals surface area contributed by atoms with Crippen LogP contribution in [0.25, 0.3) is 6.08 Å². The summed E-state index contributed by atoms with van der Waals surface area (Å²) < 4.78 is 9.57. The van der Waals surface area contributed by atoms with Crippen LogP contribution in [-0.4, -0.2) is 22.9 Å². The molecule has 6 heteroatoms. The fraction of sp³-hybridized carbons (Fsp3) is 0.154. The zero-order valence-electron chi connectivity index (χ0n) is 10.3. The van der Waals surface area contributed by atoms with Crippen molar-refractivity contribution in [2.24, 2.45) is 4.99 Å². The Morgan fingerprint density at radius 3 is 2.74 bits per heavy atom. The topological polar surface area (TPSA) is 85.2 Å². The molecule has 6 nitrogen and oxygen atoms in total. The van der Waals surface area contributed by atoms with Crippen LogP contribution in [0.4, 0.5) is 0 Å². The Balaban J connectivity index is 2.29. The maximum Gasteiger partial charge on any atom is 0.363 e. The maximum absolute atomic E-state index is 11.4. The number of carbonyl (C=O) groups excluding carboxylic acids is 2. The van der Waals surface area contributed by atoms with Crippen molar-refractivity contribution in [2.45, 2.75) is 13.8 Å². The number of nitrogens with zero attached hydrogens (tertiary/aromatic N) is 1. The number of rotatable bonds is 2. The van der Waals surface area contributed by atoms with Gasteiger partial charge in [0.2, 0.25) is 0 Å². The van der Waals surface area contributed by atoms with Gasteiger partial charge in [-0.25, -0.2) is 9.79 Å². The van der Waals surface area contributed by atoms with Gasteiger partial charge in [0.1, 0.15) is 11.5 Å². The zero-order chi connectivity index (χ0) is 14.0. The molecule has 0 unspecified atom stereocenters. The van der Waals surface area contributed by atoms with Crippen LogP contribution in [0.5, 0.6) is 11.5 Å². The molecule has 0 aliphatic carbocycles. The molecule has 0 saturated heterocycles. The third kappa shape index (κ3) is 2.98. The molecule has 98 valence electrons. The molecule has 1 aliphatic heterocycles. The molecule has 0 atom stereocenters. The van der Waals surface area contributed by atoms with Crippen molar-refractivity contribution in [1.29, 1.82) is 0 Å². The Hall–Kier alpha value is -2.63. The van der Waals surface area contributed by atoms with Gasteiger partial charge in [-0.1, -0.05) is 0 Å². The normalized spacial score (nSPS) is 16.2. The molecule has 1 aromatic carbocycles. The molecular formula is C13H11NO5. The van der Waals surface area contributed by atoms with E-state index >= 15 is 0 Å². The Morgan fingerprint density at radius 1 is 1.47 bits per heavy atom. The van der Waals surface area contributed by atoms with Crippen LogP contribution in [0.2, 0.25) is 0 Å². The van der Waals surface area contributed by atoms with E-state index in [1.54, 1.807) is 6.92 Å². The van der Waals surface area contributed by atoms with Crippen molar-refractivity contribution in [3.8, 4) is 11.5 Å². The zero-order valence-corrected chi connectivity index (χ0v) is 10.3. The first kappa shape index (κ1) is 12.8. The standard InChI is InChI=1S/C13H11NO5/c1-7-14-11(13(17)18-7)5-9-3-4-10(6-12(9)16)19-8(2)15/h3-6,16H,1-2H3/b11-5+. The molecule has 1 N–H and O–H groups in total. The molecule has 0 radical (unpaired) electrons. The highest BCUT2D eigenvalue weighted by molar-refractivity contribution is 6.06. The summed E-state index contributed by atoms with van der Waals surface area (Å²) >= 11 is 0. The average molecular weight is 261 g/mol. The summed E-state index contributed by atoms with van der Waals surface area (Å²) in [5.41, 5.74) is 0.481. The summed E-state index contributed by atoms with van der Waals surface area (Å²) in [6.07, 6.45) is 1.39. The van der Waals surface area contributed by atoms with Crippen molar-refractivity contribution in [2.75, 3.05) is 0 Å². The highest BCUT2D eigenvalue weighted by atomic mass is 16.6. The molecule has 0 aromatic heterocycles. The van der Waals surface area contributed by atoms with Crippen molar-refractivity contribution in [3.05, 3.63) is 29.5 Å². The van der Waals surface area contributed by atoms with Gasteiger partial charge >= 0.3 is 11.9 Å². The number of hydrogen-bond donors (Lipinski definition) is 1. The number of benzene rings is 1. The van der Waals surface area contributed by atoms with E-state index in [1.165, 1.54) is 31.2 Å². The minimum Gasteiger partial charge on any atom is -0.507 e. The lowest BCUT2D eigenvalue weighted by molar-refractivity contribution is -0.132. The van der Waals surface area contributed by atoms with Crippen LogP contribution in [0.3, 0.4) is 0 Å². The number of aliphatic imine (C=N–C) groups is 1. The number of phenolic OH excluding ortho intramolecular Hbond substituents is 1. The first-order valence-electron chi connectivity index (χ1n) is 5.46. The maximum atomic E-state index is 11.4. The van der Waals surface area contributed by atoms with Gasteiger partial charge < -0.3 is 14.6 Å². The molecule has 19 heavy (non-hydrogen) atoms. The number of aromatic hydroxyl groups is 1. The predicted octanol–water partition coefficient (Wildman–Crippen LogP) is 1.63. The second-order valence-electron chi connectivity index (χ2n) is 3.86. The molecule has 1 heterocycles. The van der Waals surface area contributed by atoms with Gasteiger partial charge in [-0.3, -0.25) is 4.79 Å². The number of phenols is 1. The number of cyclic esters (lactones) is 1. The van der Waals surface area contributed by atoms with Gasteiger partial charge in [-0.2, -0.15) is 0 Å². The molecule has 0 bridgehead atoms. The van der Waals surface area contributed by atoms with Gasteiger partial charge in [0, 0.05) is 25.5 Å². The average Bonchev–Trinajstić information content (AvgIpc) is 2.60.